The summed E-state index contributed by atoms with van der Waals surface area (Å²) in [6.45, 7) is 7.02. The molecule has 0 saturated carbocycles. The largest absolute Gasteiger partial charge is 0.352 e. The van der Waals surface area contributed by atoms with Gasteiger partial charge in [-0.15, -0.1) is 0 Å². The molecule has 178 valence electrons. The molecule has 1 fully saturated rings. The van der Waals surface area contributed by atoms with Crippen LogP contribution in [0.15, 0.2) is 60.0 Å². The van der Waals surface area contributed by atoms with E-state index in [9.17, 15) is 4.79 Å². The molecular weight excluding hydrogens is 424 g/mol. The molecule has 7 heteroatoms. The summed E-state index contributed by atoms with van der Waals surface area (Å²) in [6, 6.07) is 15.7. The highest BCUT2D eigenvalue weighted by molar-refractivity contribution is 5.89. The van der Waals surface area contributed by atoms with Crippen LogP contribution in [0.25, 0.3) is 0 Å². The van der Waals surface area contributed by atoms with Gasteiger partial charge in [0, 0.05) is 31.8 Å². The number of nitrogens with zero attached hydrogens (tertiary/aromatic N) is 3. The van der Waals surface area contributed by atoms with Crippen molar-refractivity contribution in [1.29, 1.82) is 0 Å². The highest BCUT2D eigenvalue weighted by atomic mass is 16.1. The van der Waals surface area contributed by atoms with Gasteiger partial charge in [0.25, 0.3) is 0 Å². The van der Waals surface area contributed by atoms with Gasteiger partial charge in [-0.1, -0.05) is 49.4 Å². The molecule has 1 saturated heterocycles. The van der Waals surface area contributed by atoms with Crippen molar-refractivity contribution in [3.05, 3.63) is 82.7 Å². The Kier molecular flexibility index (Phi) is 6.28. The lowest BCUT2D eigenvalue weighted by molar-refractivity contribution is -0.121. The summed E-state index contributed by atoms with van der Waals surface area (Å²) < 4.78 is 0. The number of carbonyl (C=O) groups excluding carboxylic acids is 1. The van der Waals surface area contributed by atoms with Gasteiger partial charge in [-0.3, -0.25) is 10.2 Å². The SMILES string of the molecule is CCc1ccc(CNC(=O)CCC2=NNC3C4CC(c5ccc(C)c(C)c5)NN4C=CN23)cc1. The van der Waals surface area contributed by atoms with Crippen LogP contribution in [0, 0.1) is 13.8 Å². The Balaban J connectivity index is 1.13. The molecule has 3 unspecified atom stereocenters. The van der Waals surface area contributed by atoms with E-state index in [0.29, 0.717) is 19.4 Å². The van der Waals surface area contributed by atoms with E-state index < -0.39 is 0 Å². The van der Waals surface area contributed by atoms with Crippen LogP contribution in [-0.2, 0) is 17.8 Å². The molecule has 3 aliphatic heterocycles. The Morgan fingerprint density at radius 1 is 1.09 bits per heavy atom. The molecule has 3 atom stereocenters. The van der Waals surface area contributed by atoms with Crippen LogP contribution in [0.4, 0.5) is 0 Å². The number of aryl methyl sites for hydroxylation is 3. The number of carbonyl (C=O) groups is 1. The number of hydrazone groups is 1. The Morgan fingerprint density at radius 2 is 1.88 bits per heavy atom. The minimum Gasteiger partial charge on any atom is -0.352 e. The molecule has 34 heavy (non-hydrogen) atoms. The van der Waals surface area contributed by atoms with Crippen molar-refractivity contribution in [3.63, 3.8) is 0 Å². The lowest BCUT2D eigenvalue weighted by Gasteiger charge is -2.37. The summed E-state index contributed by atoms with van der Waals surface area (Å²) in [4.78, 5) is 14.6. The van der Waals surface area contributed by atoms with Crippen LogP contribution < -0.4 is 16.2 Å². The van der Waals surface area contributed by atoms with E-state index in [4.69, 9.17) is 0 Å². The van der Waals surface area contributed by atoms with E-state index in [1.807, 2.05) is 0 Å². The number of fused-ring (bicyclic) bond motifs is 3. The van der Waals surface area contributed by atoms with Crippen molar-refractivity contribution in [2.75, 3.05) is 0 Å². The van der Waals surface area contributed by atoms with Gasteiger partial charge < -0.3 is 15.2 Å². The molecule has 0 bridgehead atoms. The molecule has 3 aliphatic rings. The van der Waals surface area contributed by atoms with Crippen molar-refractivity contribution in [3.8, 4) is 0 Å². The van der Waals surface area contributed by atoms with Crippen LogP contribution in [0.5, 0.6) is 0 Å². The maximum absolute atomic E-state index is 12.4. The van der Waals surface area contributed by atoms with Gasteiger partial charge in [-0.05, 0) is 54.5 Å². The molecule has 7 nitrogen and oxygen atoms in total. The van der Waals surface area contributed by atoms with E-state index in [0.717, 1.165) is 24.2 Å². The molecule has 0 radical (unpaired) electrons. The number of hydrogen-bond donors (Lipinski definition) is 3. The van der Waals surface area contributed by atoms with Crippen molar-refractivity contribution in [2.45, 2.75) is 71.2 Å². The number of rotatable bonds is 7. The van der Waals surface area contributed by atoms with E-state index in [-0.39, 0.29) is 24.2 Å². The predicted octanol–water partition coefficient (Wildman–Crippen LogP) is 3.61. The lowest BCUT2D eigenvalue weighted by atomic mass is 9.97. The zero-order chi connectivity index (χ0) is 23.7. The third kappa shape index (κ3) is 4.53. The summed E-state index contributed by atoms with van der Waals surface area (Å²) in [5.41, 5.74) is 13.3. The zero-order valence-corrected chi connectivity index (χ0v) is 20.2. The number of hydrogen-bond acceptors (Lipinski definition) is 6. The van der Waals surface area contributed by atoms with E-state index in [1.54, 1.807) is 0 Å². The van der Waals surface area contributed by atoms with Crippen molar-refractivity contribution >= 4 is 11.7 Å². The van der Waals surface area contributed by atoms with Gasteiger partial charge in [0.2, 0.25) is 5.91 Å². The molecule has 0 aliphatic carbocycles. The monoisotopic (exact) mass is 458 g/mol. The standard InChI is InChI=1S/C27H34N6O/c1-4-20-6-8-21(9-7-20)17-28-26(34)12-11-25-29-30-27-24-16-23(31-33(24)14-13-32(25)27)22-10-5-18(2)19(3)15-22/h5-10,13-15,23-24,27,30-31H,4,11-12,16-17H2,1-3H3,(H,28,34). The Bertz CT molecular complexity index is 1110. The Morgan fingerprint density at radius 3 is 2.65 bits per heavy atom. The van der Waals surface area contributed by atoms with E-state index in [2.05, 4.69) is 107 Å². The quantitative estimate of drug-likeness (QED) is 0.591. The first-order chi connectivity index (χ1) is 16.5. The molecular formula is C27H34N6O. The molecule has 3 heterocycles. The summed E-state index contributed by atoms with van der Waals surface area (Å²) in [5, 5.41) is 9.81. The molecule has 2 aromatic carbocycles. The second-order valence-electron chi connectivity index (χ2n) is 9.49. The third-order valence-electron chi connectivity index (χ3n) is 7.25. The molecule has 3 N–H and O–H groups in total. The van der Waals surface area contributed by atoms with Crippen LogP contribution in [0.2, 0.25) is 0 Å². The Labute approximate surface area is 201 Å². The van der Waals surface area contributed by atoms with Crippen molar-refractivity contribution in [2.24, 2.45) is 5.10 Å². The smallest absolute Gasteiger partial charge is 0.220 e. The Hall–Kier alpha value is -3.32. The molecule has 1 amide bonds. The average Bonchev–Trinajstić information content (AvgIpc) is 3.47. The van der Waals surface area contributed by atoms with Crippen LogP contribution in [-0.4, -0.2) is 33.9 Å². The van der Waals surface area contributed by atoms with Gasteiger partial charge in [-0.2, -0.15) is 5.10 Å². The summed E-state index contributed by atoms with van der Waals surface area (Å²) in [5.74, 6) is 0.962. The first-order valence-corrected chi connectivity index (χ1v) is 12.3. The van der Waals surface area contributed by atoms with Crippen LogP contribution in [0.3, 0.4) is 0 Å². The number of nitrogens with one attached hydrogen (secondary N) is 3. The number of hydrazine groups is 1. The highest BCUT2D eigenvalue weighted by Gasteiger charge is 2.44. The van der Waals surface area contributed by atoms with Gasteiger partial charge in [0.15, 0.2) is 0 Å². The van der Waals surface area contributed by atoms with Gasteiger partial charge in [0.05, 0.1) is 12.1 Å². The minimum atomic E-state index is 0.0469. The van der Waals surface area contributed by atoms with Crippen molar-refractivity contribution < 1.29 is 4.79 Å². The maximum atomic E-state index is 12.4. The van der Waals surface area contributed by atoms with Crippen molar-refractivity contribution in [1.82, 2.24) is 26.1 Å². The van der Waals surface area contributed by atoms with Crippen LogP contribution in [0.1, 0.15) is 60.0 Å². The summed E-state index contributed by atoms with van der Waals surface area (Å²) in [6.07, 6.45) is 7.26. The molecule has 5 rings (SSSR count). The zero-order valence-electron chi connectivity index (χ0n) is 20.2. The van der Waals surface area contributed by atoms with Crippen LogP contribution >= 0.6 is 0 Å². The molecule has 0 aromatic heterocycles. The predicted molar refractivity (Wildman–Crippen MR) is 134 cm³/mol. The fourth-order valence-electron chi connectivity index (χ4n) is 4.92. The van der Waals surface area contributed by atoms with Gasteiger partial charge in [0.1, 0.15) is 12.0 Å². The van der Waals surface area contributed by atoms with E-state index >= 15 is 0 Å². The number of benzene rings is 2. The van der Waals surface area contributed by atoms with E-state index in [1.165, 1.54) is 22.3 Å². The fourth-order valence-corrected chi connectivity index (χ4v) is 4.92. The average molecular weight is 459 g/mol. The first-order valence-electron chi connectivity index (χ1n) is 12.3. The second-order valence-corrected chi connectivity index (χ2v) is 9.49. The third-order valence-corrected chi connectivity index (χ3v) is 7.25. The number of amidine groups is 1. The second kappa shape index (κ2) is 9.50. The van der Waals surface area contributed by atoms with Gasteiger partial charge >= 0.3 is 0 Å². The minimum absolute atomic E-state index is 0.0469. The van der Waals surface area contributed by atoms with Gasteiger partial charge in [-0.25, -0.2) is 5.43 Å². The fraction of sp³-hybridized carbons (Fsp3) is 0.407. The molecule has 0 spiro atoms. The summed E-state index contributed by atoms with van der Waals surface area (Å²) in [7, 11) is 0. The molecule has 2 aromatic rings. The lowest BCUT2D eigenvalue weighted by Crippen LogP contribution is -2.54. The first kappa shape index (κ1) is 22.5. The maximum Gasteiger partial charge on any atom is 0.220 e. The normalized spacial score (nSPS) is 22.8. The topological polar surface area (TPSA) is 72.0 Å². The number of amides is 1. The highest BCUT2D eigenvalue weighted by Crippen LogP contribution is 2.34. The summed E-state index contributed by atoms with van der Waals surface area (Å²) >= 11 is 0.